The van der Waals surface area contributed by atoms with Crippen molar-refractivity contribution in [2.45, 2.75) is 5.41 Å². The first-order valence-corrected chi connectivity index (χ1v) is 16.7. The van der Waals surface area contributed by atoms with Crippen LogP contribution in [-0.2, 0) is 5.41 Å². The lowest BCUT2D eigenvalue weighted by Crippen LogP contribution is -2.37. The molecule has 0 N–H and O–H groups in total. The Morgan fingerprint density at radius 3 is 1.74 bits per heavy atom. The van der Waals surface area contributed by atoms with E-state index < -0.39 is 5.41 Å². The highest BCUT2D eigenvalue weighted by molar-refractivity contribution is 7.26. The van der Waals surface area contributed by atoms with Crippen molar-refractivity contribution in [2.24, 2.45) is 0 Å². The van der Waals surface area contributed by atoms with Gasteiger partial charge in [-0.05, 0) is 42.0 Å². The normalized spacial score (nSPS) is 13.6. The highest BCUT2D eigenvalue weighted by Gasteiger charge is 2.51. The molecule has 0 spiro atoms. The van der Waals surface area contributed by atoms with Crippen LogP contribution in [-0.4, -0.2) is 0 Å². The molecule has 0 radical (unpaired) electrons. The van der Waals surface area contributed by atoms with Gasteiger partial charge in [0.2, 0.25) is 0 Å². The van der Waals surface area contributed by atoms with Crippen LogP contribution >= 0.6 is 11.3 Å². The molecule has 0 saturated carbocycles. The molecule has 2 aliphatic heterocycles. The Morgan fingerprint density at radius 2 is 1.04 bits per heavy atom. The predicted octanol–water partition coefficient (Wildman–Crippen LogP) is 12.1. The smallest absolute Gasteiger partial charge is 0.138 e. The summed E-state index contributed by atoms with van der Waals surface area (Å²) in [4.78, 5) is 2.34. The Bertz CT molecular complexity index is 2410. The molecule has 0 fully saturated rings. The second kappa shape index (κ2) is 10.1. The van der Waals surface area contributed by atoms with Gasteiger partial charge in [-0.1, -0.05) is 115 Å². The molecule has 2 aliphatic rings. The van der Waals surface area contributed by atoms with E-state index in [4.69, 9.17) is 9.47 Å². The van der Waals surface area contributed by atoms with Crippen LogP contribution in [0.25, 0.3) is 20.2 Å². The summed E-state index contributed by atoms with van der Waals surface area (Å²) in [6.07, 6.45) is 0. The predicted molar refractivity (Wildman–Crippen MR) is 192 cm³/mol. The SMILES string of the molecule is c1ccc(N(c2cc3c4c(c2)Oc2ccccc2C4(c2ccccc2)c2ccccc2O3)c2cccc3c2sc2ccccc23)cc1. The zero-order valence-corrected chi connectivity index (χ0v) is 26.1. The number of hydrogen-bond acceptors (Lipinski definition) is 4. The Hall–Kier alpha value is -5.84. The molecule has 4 heteroatoms. The minimum Gasteiger partial charge on any atom is -0.456 e. The third-order valence-electron chi connectivity index (χ3n) is 9.55. The number of rotatable bonds is 4. The first kappa shape index (κ1) is 26.4. The van der Waals surface area contributed by atoms with Crippen LogP contribution in [0.15, 0.2) is 164 Å². The van der Waals surface area contributed by atoms with Crippen molar-refractivity contribution < 1.29 is 9.47 Å². The van der Waals surface area contributed by atoms with Crippen LogP contribution < -0.4 is 14.4 Å². The summed E-state index contributed by atoms with van der Waals surface area (Å²) < 4.78 is 16.3. The van der Waals surface area contributed by atoms with Crippen LogP contribution in [0.1, 0.15) is 22.3 Å². The van der Waals surface area contributed by atoms with E-state index in [1.807, 2.05) is 11.3 Å². The lowest BCUT2D eigenvalue weighted by Gasteiger charge is -2.45. The first-order valence-electron chi connectivity index (χ1n) is 15.8. The van der Waals surface area contributed by atoms with Gasteiger partial charge < -0.3 is 14.4 Å². The fraction of sp³-hybridized carbons (Fsp3) is 0.0233. The zero-order valence-electron chi connectivity index (χ0n) is 25.3. The highest BCUT2D eigenvalue weighted by Crippen LogP contribution is 2.63. The molecule has 0 bridgehead atoms. The van der Waals surface area contributed by atoms with Crippen LogP contribution in [0.5, 0.6) is 23.0 Å². The third kappa shape index (κ3) is 3.73. The second-order valence-corrected chi connectivity index (χ2v) is 13.1. The summed E-state index contributed by atoms with van der Waals surface area (Å²) in [6, 6.07) is 57.9. The minimum atomic E-state index is -0.614. The van der Waals surface area contributed by atoms with Gasteiger partial charge in [-0.2, -0.15) is 0 Å². The van der Waals surface area contributed by atoms with Crippen molar-refractivity contribution >= 4 is 48.6 Å². The fourth-order valence-corrected chi connectivity index (χ4v) is 8.88. The minimum absolute atomic E-state index is 0.614. The highest BCUT2D eigenvalue weighted by atomic mass is 32.1. The quantitative estimate of drug-likeness (QED) is 0.195. The van der Waals surface area contributed by atoms with E-state index in [1.54, 1.807) is 0 Å². The molecule has 0 saturated heterocycles. The summed E-state index contributed by atoms with van der Waals surface area (Å²) in [6.45, 7) is 0. The topological polar surface area (TPSA) is 21.7 Å². The van der Waals surface area contributed by atoms with E-state index in [-0.39, 0.29) is 0 Å². The Morgan fingerprint density at radius 1 is 0.468 bits per heavy atom. The van der Waals surface area contributed by atoms with Crippen LogP contribution in [0.3, 0.4) is 0 Å². The standard InChI is InChI=1S/C43H27NO2S/c1-3-14-28(15-4-1)43-33-20-8-10-23-36(33)45-38-26-30(27-39(41(38)43)46-37-24-11-9-21-34(37)43)44(29-16-5-2-6-17-29)35-22-13-19-32-31-18-7-12-25-40(31)47-42(32)35/h1-27H. The Kier molecular flexibility index (Phi) is 5.66. The number of fused-ring (bicyclic) bond motifs is 7. The number of thiophene rings is 1. The first-order chi connectivity index (χ1) is 23.3. The van der Waals surface area contributed by atoms with Gasteiger partial charge in [-0.25, -0.2) is 0 Å². The van der Waals surface area contributed by atoms with Gasteiger partial charge in [0.05, 0.1) is 27.1 Å². The number of anilines is 3. The maximum absolute atomic E-state index is 6.88. The molecular weight excluding hydrogens is 595 g/mol. The monoisotopic (exact) mass is 621 g/mol. The molecule has 1 aromatic heterocycles. The lowest BCUT2D eigenvalue weighted by molar-refractivity contribution is 0.385. The Balaban J connectivity index is 1.29. The van der Waals surface area contributed by atoms with Crippen LogP contribution in [0.4, 0.5) is 17.1 Å². The maximum Gasteiger partial charge on any atom is 0.138 e. The van der Waals surface area contributed by atoms with Crippen molar-refractivity contribution in [1.29, 1.82) is 0 Å². The molecule has 0 amide bonds. The molecule has 7 aromatic carbocycles. The number of ether oxygens (including phenoxy) is 2. The lowest BCUT2D eigenvalue weighted by atomic mass is 9.62. The van der Waals surface area contributed by atoms with E-state index in [0.29, 0.717) is 0 Å². The van der Waals surface area contributed by atoms with Gasteiger partial charge >= 0.3 is 0 Å². The summed E-state index contributed by atoms with van der Waals surface area (Å²) in [7, 11) is 0. The van der Waals surface area contributed by atoms with E-state index in [9.17, 15) is 0 Å². The average molecular weight is 622 g/mol. The Labute approximate surface area is 276 Å². The number of para-hydroxylation sites is 3. The molecule has 3 nitrogen and oxygen atoms in total. The maximum atomic E-state index is 6.88. The molecule has 222 valence electrons. The van der Waals surface area contributed by atoms with Crippen molar-refractivity contribution in [1.82, 2.24) is 0 Å². The van der Waals surface area contributed by atoms with Crippen molar-refractivity contribution in [3.8, 4) is 23.0 Å². The van der Waals surface area contributed by atoms with Crippen LogP contribution in [0, 0.1) is 0 Å². The van der Waals surface area contributed by atoms with Crippen LogP contribution in [0.2, 0.25) is 0 Å². The van der Waals surface area contributed by atoms with E-state index in [0.717, 1.165) is 56.8 Å². The molecule has 47 heavy (non-hydrogen) atoms. The van der Waals surface area contributed by atoms with Gasteiger partial charge in [0.1, 0.15) is 23.0 Å². The second-order valence-electron chi connectivity index (χ2n) is 12.1. The molecule has 0 aliphatic carbocycles. The van der Waals surface area contributed by atoms with Crippen molar-refractivity contribution in [3.63, 3.8) is 0 Å². The molecule has 10 rings (SSSR count). The van der Waals surface area contributed by atoms with E-state index in [2.05, 4.69) is 169 Å². The van der Waals surface area contributed by atoms with Gasteiger partial charge in [-0.15, -0.1) is 11.3 Å². The van der Waals surface area contributed by atoms with E-state index in [1.165, 1.54) is 25.7 Å². The number of hydrogen-bond donors (Lipinski definition) is 0. The third-order valence-corrected chi connectivity index (χ3v) is 10.8. The number of nitrogens with zero attached hydrogens (tertiary/aromatic N) is 1. The molecular formula is C43H27NO2S. The molecule has 8 aromatic rings. The largest absolute Gasteiger partial charge is 0.456 e. The molecule has 3 heterocycles. The molecule has 0 atom stereocenters. The summed E-state index contributed by atoms with van der Waals surface area (Å²) >= 11 is 1.83. The molecule has 0 unspecified atom stereocenters. The van der Waals surface area contributed by atoms with Gasteiger partial charge in [-0.3, -0.25) is 0 Å². The van der Waals surface area contributed by atoms with Crippen molar-refractivity contribution in [2.75, 3.05) is 4.90 Å². The zero-order chi connectivity index (χ0) is 31.0. The van der Waals surface area contributed by atoms with E-state index >= 15 is 0 Å². The summed E-state index contributed by atoms with van der Waals surface area (Å²) in [5, 5.41) is 2.53. The van der Waals surface area contributed by atoms with Gasteiger partial charge in [0.25, 0.3) is 0 Å². The average Bonchev–Trinajstić information content (AvgIpc) is 3.52. The summed E-state index contributed by atoms with van der Waals surface area (Å²) in [5.41, 5.74) is 6.95. The number of benzene rings is 7. The van der Waals surface area contributed by atoms with Gasteiger partial charge in [0.15, 0.2) is 0 Å². The fourth-order valence-electron chi connectivity index (χ4n) is 7.67. The van der Waals surface area contributed by atoms with Crippen molar-refractivity contribution in [3.05, 3.63) is 186 Å². The van der Waals surface area contributed by atoms with Gasteiger partial charge in [0, 0.05) is 44.4 Å². The summed E-state index contributed by atoms with van der Waals surface area (Å²) in [5.74, 6) is 3.28.